The fourth-order valence-electron chi connectivity index (χ4n) is 3.00. The normalized spacial score (nSPS) is 16.3. The zero-order valence-electron chi connectivity index (χ0n) is 16.4. The molecule has 3 rings (SSSR count). The standard InChI is InChI=1S/C18H25N5O3S2.ClH/c1-13-20-17(12-27-13)14-3-5-15(6-4-14)28(25,26)21-16(11-19)18(24)23-9-7-22(2)8-10-23;/h3-6,12,16,21H,7-11,19H2,1-2H3;1H/t16-;/m0./s1. The molecule has 8 nitrogen and oxygen atoms in total. The summed E-state index contributed by atoms with van der Waals surface area (Å²) < 4.78 is 27.9. The molecule has 0 bridgehead atoms. The first-order chi connectivity index (χ1) is 13.3. The lowest BCUT2D eigenvalue weighted by molar-refractivity contribution is -0.134. The number of piperazine rings is 1. The van der Waals surface area contributed by atoms with Crippen molar-refractivity contribution in [2.24, 2.45) is 5.73 Å². The molecule has 1 atom stereocenters. The number of nitrogens with one attached hydrogen (secondary N) is 1. The monoisotopic (exact) mass is 459 g/mol. The second-order valence-electron chi connectivity index (χ2n) is 6.81. The maximum Gasteiger partial charge on any atom is 0.242 e. The van der Waals surface area contributed by atoms with Crippen LogP contribution in [0.4, 0.5) is 0 Å². The Bertz CT molecular complexity index is 925. The van der Waals surface area contributed by atoms with Gasteiger partial charge in [0.1, 0.15) is 6.04 Å². The first-order valence-electron chi connectivity index (χ1n) is 9.02. The Labute approximate surface area is 181 Å². The lowest BCUT2D eigenvalue weighted by Crippen LogP contribution is -2.56. The van der Waals surface area contributed by atoms with Gasteiger partial charge in [0.05, 0.1) is 15.6 Å². The highest BCUT2D eigenvalue weighted by atomic mass is 35.5. The molecule has 1 fully saturated rings. The van der Waals surface area contributed by atoms with E-state index < -0.39 is 16.1 Å². The topological polar surface area (TPSA) is 109 Å². The number of nitrogens with two attached hydrogens (primary N) is 1. The summed E-state index contributed by atoms with van der Waals surface area (Å²) >= 11 is 1.54. The Morgan fingerprint density at radius 3 is 2.38 bits per heavy atom. The van der Waals surface area contributed by atoms with E-state index in [0.29, 0.717) is 13.1 Å². The molecule has 0 aliphatic carbocycles. The number of carbonyl (C=O) groups is 1. The fourth-order valence-corrected chi connectivity index (χ4v) is 4.83. The van der Waals surface area contributed by atoms with E-state index in [1.165, 1.54) is 23.5 Å². The maximum atomic E-state index is 12.7. The van der Waals surface area contributed by atoms with Crippen molar-refractivity contribution in [2.75, 3.05) is 39.8 Å². The predicted octanol–water partition coefficient (Wildman–Crippen LogP) is 0.920. The van der Waals surface area contributed by atoms with Crippen LogP contribution >= 0.6 is 23.7 Å². The minimum absolute atomic E-state index is 0. The zero-order valence-corrected chi connectivity index (χ0v) is 18.8. The number of benzene rings is 1. The van der Waals surface area contributed by atoms with Crippen molar-refractivity contribution in [3.63, 3.8) is 0 Å². The number of sulfonamides is 1. The van der Waals surface area contributed by atoms with Crippen molar-refractivity contribution in [3.05, 3.63) is 34.7 Å². The Hall–Kier alpha value is -1.56. The molecule has 1 saturated heterocycles. The lowest BCUT2D eigenvalue weighted by Gasteiger charge is -2.34. The summed E-state index contributed by atoms with van der Waals surface area (Å²) in [6.45, 7) is 4.47. The molecular formula is C18H26ClN5O3S2. The fraction of sp³-hybridized carbons (Fsp3) is 0.444. The largest absolute Gasteiger partial charge is 0.339 e. The zero-order chi connectivity index (χ0) is 20.3. The van der Waals surface area contributed by atoms with Crippen LogP contribution in [-0.2, 0) is 14.8 Å². The Kier molecular flexibility index (Phi) is 8.15. The summed E-state index contributed by atoms with van der Waals surface area (Å²) in [5.74, 6) is -0.284. The number of likely N-dealkylation sites (N-methyl/N-ethyl adjacent to an activating group) is 1. The van der Waals surface area contributed by atoms with Crippen LogP contribution < -0.4 is 10.5 Å². The summed E-state index contributed by atoms with van der Waals surface area (Å²) in [5.41, 5.74) is 7.35. The minimum Gasteiger partial charge on any atom is -0.339 e. The lowest BCUT2D eigenvalue weighted by atomic mass is 10.2. The highest BCUT2D eigenvalue weighted by Crippen LogP contribution is 2.23. The van der Waals surface area contributed by atoms with Gasteiger partial charge in [-0.2, -0.15) is 4.72 Å². The van der Waals surface area contributed by atoms with Crippen molar-refractivity contribution < 1.29 is 13.2 Å². The Morgan fingerprint density at radius 1 is 1.24 bits per heavy atom. The second-order valence-corrected chi connectivity index (χ2v) is 9.59. The van der Waals surface area contributed by atoms with Crippen LogP contribution in [0, 0.1) is 6.92 Å². The van der Waals surface area contributed by atoms with Gasteiger partial charge in [-0.3, -0.25) is 4.79 Å². The van der Waals surface area contributed by atoms with Gasteiger partial charge >= 0.3 is 0 Å². The van der Waals surface area contributed by atoms with E-state index in [9.17, 15) is 13.2 Å². The first kappa shape index (κ1) is 23.7. The van der Waals surface area contributed by atoms with Crippen LogP contribution in [0.3, 0.4) is 0 Å². The number of amides is 1. The number of thiazole rings is 1. The highest BCUT2D eigenvalue weighted by molar-refractivity contribution is 7.89. The molecule has 0 radical (unpaired) electrons. The average molecular weight is 460 g/mol. The van der Waals surface area contributed by atoms with Gasteiger partial charge in [0.15, 0.2) is 0 Å². The van der Waals surface area contributed by atoms with Gasteiger partial charge in [-0.1, -0.05) is 12.1 Å². The van der Waals surface area contributed by atoms with Crippen LogP contribution in [0.5, 0.6) is 0 Å². The van der Waals surface area contributed by atoms with E-state index in [2.05, 4.69) is 14.6 Å². The third kappa shape index (κ3) is 5.74. The minimum atomic E-state index is -3.87. The van der Waals surface area contributed by atoms with E-state index in [-0.39, 0.29) is 29.8 Å². The number of aryl methyl sites for hydroxylation is 1. The third-order valence-corrected chi connectivity index (χ3v) is 6.99. The number of rotatable bonds is 6. The van der Waals surface area contributed by atoms with Crippen LogP contribution in [0.25, 0.3) is 11.3 Å². The summed E-state index contributed by atoms with van der Waals surface area (Å²) in [7, 11) is -1.88. The number of carbonyl (C=O) groups excluding carboxylic acids is 1. The molecule has 11 heteroatoms. The molecule has 1 amide bonds. The molecule has 1 aliphatic heterocycles. The van der Waals surface area contributed by atoms with Gasteiger partial charge in [-0.15, -0.1) is 23.7 Å². The number of nitrogens with zero attached hydrogens (tertiary/aromatic N) is 3. The summed E-state index contributed by atoms with van der Waals surface area (Å²) in [4.78, 5) is 21.0. The van der Waals surface area contributed by atoms with Crippen LogP contribution in [0.1, 0.15) is 5.01 Å². The molecule has 1 aromatic carbocycles. The number of aromatic nitrogens is 1. The molecule has 2 heterocycles. The predicted molar refractivity (Wildman–Crippen MR) is 117 cm³/mol. The second kappa shape index (κ2) is 9.96. The molecule has 1 aliphatic rings. The smallest absolute Gasteiger partial charge is 0.242 e. The van der Waals surface area contributed by atoms with Gasteiger partial charge in [0, 0.05) is 43.7 Å². The van der Waals surface area contributed by atoms with Crippen molar-refractivity contribution in [1.82, 2.24) is 19.5 Å². The highest BCUT2D eigenvalue weighted by Gasteiger charge is 2.29. The van der Waals surface area contributed by atoms with Crippen LogP contribution in [0.2, 0.25) is 0 Å². The van der Waals surface area contributed by atoms with Crippen LogP contribution in [0.15, 0.2) is 34.5 Å². The molecule has 0 spiro atoms. The van der Waals surface area contributed by atoms with E-state index in [1.807, 2.05) is 19.4 Å². The molecule has 160 valence electrons. The first-order valence-corrected chi connectivity index (χ1v) is 11.4. The molecule has 3 N–H and O–H groups in total. The van der Waals surface area contributed by atoms with Gasteiger partial charge in [-0.05, 0) is 26.1 Å². The van der Waals surface area contributed by atoms with Crippen molar-refractivity contribution >= 4 is 39.7 Å². The van der Waals surface area contributed by atoms with E-state index in [1.54, 1.807) is 17.0 Å². The summed E-state index contributed by atoms with van der Waals surface area (Å²) in [5, 5.41) is 2.87. The molecule has 2 aromatic rings. The molecule has 29 heavy (non-hydrogen) atoms. The number of hydrogen-bond acceptors (Lipinski definition) is 7. The van der Waals surface area contributed by atoms with Crippen LogP contribution in [-0.4, -0.2) is 74.9 Å². The number of halogens is 1. The van der Waals surface area contributed by atoms with Gasteiger partial charge in [0.2, 0.25) is 15.9 Å². The van der Waals surface area contributed by atoms with E-state index in [4.69, 9.17) is 5.73 Å². The van der Waals surface area contributed by atoms with Crippen molar-refractivity contribution in [2.45, 2.75) is 17.9 Å². The third-order valence-electron chi connectivity index (χ3n) is 4.73. The Balaban J connectivity index is 0.00000300. The SMILES string of the molecule is Cc1nc(-c2ccc(S(=O)(=O)N[C@@H](CN)C(=O)N3CCN(C)CC3)cc2)cs1.Cl. The Morgan fingerprint density at radius 2 is 1.86 bits per heavy atom. The molecule has 0 unspecified atom stereocenters. The molecular weight excluding hydrogens is 434 g/mol. The summed E-state index contributed by atoms with van der Waals surface area (Å²) in [6, 6.07) is 5.47. The van der Waals surface area contributed by atoms with E-state index in [0.717, 1.165) is 29.4 Å². The van der Waals surface area contributed by atoms with Gasteiger partial charge in [0.25, 0.3) is 0 Å². The van der Waals surface area contributed by atoms with Gasteiger partial charge in [-0.25, -0.2) is 13.4 Å². The maximum absolute atomic E-state index is 12.7. The molecule has 0 saturated carbocycles. The van der Waals surface area contributed by atoms with E-state index >= 15 is 0 Å². The molecule has 1 aromatic heterocycles. The average Bonchev–Trinajstić information content (AvgIpc) is 3.12. The van der Waals surface area contributed by atoms with Crippen molar-refractivity contribution in [1.29, 1.82) is 0 Å². The number of hydrogen-bond donors (Lipinski definition) is 2. The quantitative estimate of drug-likeness (QED) is 0.664. The summed E-state index contributed by atoms with van der Waals surface area (Å²) in [6.07, 6.45) is 0. The van der Waals surface area contributed by atoms with Crippen molar-refractivity contribution in [3.8, 4) is 11.3 Å². The van der Waals surface area contributed by atoms with Gasteiger partial charge < -0.3 is 15.5 Å².